The molecule has 2 aliphatic heterocycles. The van der Waals surface area contributed by atoms with Crippen LogP contribution in [0, 0.1) is 6.92 Å². The molecule has 2 aliphatic rings. The van der Waals surface area contributed by atoms with E-state index in [1.807, 2.05) is 29.2 Å². The molecule has 1 amide bonds. The lowest BCUT2D eigenvalue weighted by Crippen LogP contribution is -2.51. The van der Waals surface area contributed by atoms with Crippen molar-refractivity contribution in [1.82, 2.24) is 25.3 Å². The molecule has 166 valence electrons. The third-order valence-corrected chi connectivity index (χ3v) is 5.28. The van der Waals surface area contributed by atoms with Crippen molar-refractivity contribution in [3.05, 3.63) is 35.7 Å². The van der Waals surface area contributed by atoms with Crippen LogP contribution in [0.3, 0.4) is 0 Å². The van der Waals surface area contributed by atoms with E-state index in [0.717, 1.165) is 44.9 Å². The molecule has 0 spiro atoms. The van der Waals surface area contributed by atoms with Gasteiger partial charge in [0.25, 0.3) is 0 Å². The van der Waals surface area contributed by atoms with E-state index in [1.165, 1.54) is 5.56 Å². The number of aryl methyl sites for hydroxylation is 1. The average molecular weight is 458 g/mol. The van der Waals surface area contributed by atoms with E-state index in [0.29, 0.717) is 31.3 Å². The maximum atomic E-state index is 12.5. The molecule has 0 saturated carbocycles. The van der Waals surface area contributed by atoms with Crippen molar-refractivity contribution >= 4 is 30.7 Å². The van der Waals surface area contributed by atoms with Crippen LogP contribution in [0.4, 0.5) is 0 Å². The van der Waals surface area contributed by atoms with Gasteiger partial charge in [-0.1, -0.05) is 35.0 Å². The first-order chi connectivity index (χ1) is 13.7. The van der Waals surface area contributed by atoms with E-state index in [4.69, 9.17) is 9.26 Å². The molecule has 10 heteroatoms. The van der Waals surface area contributed by atoms with Gasteiger partial charge in [0.05, 0.1) is 19.8 Å². The maximum Gasteiger partial charge on any atom is 0.241 e. The standard InChI is InChI=1S/C20H27N5O3.2ClH/c1-15-2-4-16(5-3-15)20-22-18(28-23-20)13-24-7-9-25(10-8-24)19(26)12-17-14-27-11-6-21-17;;/h2-5,17,21H,6-14H2,1H3;2*1H. The number of aromatic nitrogens is 2. The van der Waals surface area contributed by atoms with Gasteiger partial charge in [-0.2, -0.15) is 4.98 Å². The Bertz CT molecular complexity index is 788. The van der Waals surface area contributed by atoms with Crippen LogP contribution in [0.1, 0.15) is 17.9 Å². The van der Waals surface area contributed by atoms with E-state index >= 15 is 0 Å². The summed E-state index contributed by atoms with van der Waals surface area (Å²) in [6.07, 6.45) is 0.504. The number of carbonyl (C=O) groups excluding carboxylic acids is 1. The summed E-state index contributed by atoms with van der Waals surface area (Å²) in [5.41, 5.74) is 2.16. The van der Waals surface area contributed by atoms with Crippen LogP contribution in [-0.2, 0) is 16.1 Å². The molecule has 1 N–H and O–H groups in total. The molecule has 1 atom stereocenters. The zero-order valence-electron chi connectivity index (χ0n) is 17.1. The average Bonchev–Trinajstić information content (AvgIpc) is 3.18. The molecule has 2 fully saturated rings. The van der Waals surface area contributed by atoms with Crippen molar-refractivity contribution in [3.8, 4) is 11.4 Å². The Morgan fingerprint density at radius 1 is 1.17 bits per heavy atom. The van der Waals surface area contributed by atoms with Crippen molar-refractivity contribution in [3.63, 3.8) is 0 Å². The molecule has 0 radical (unpaired) electrons. The number of carbonyl (C=O) groups is 1. The zero-order chi connectivity index (χ0) is 19.3. The molecule has 1 unspecified atom stereocenters. The van der Waals surface area contributed by atoms with E-state index in [2.05, 4.69) is 27.3 Å². The molecule has 0 bridgehead atoms. The smallest absolute Gasteiger partial charge is 0.241 e. The quantitative estimate of drug-likeness (QED) is 0.733. The first-order valence-corrected chi connectivity index (χ1v) is 9.88. The second kappa shape index (κ2) is 11.6. The Balaban J connectivity index is 0.00000160. The zero-order valence-corrected chi connectivity index (χ0v) is 18.7. The lowest BCUT2D eigenvalue weighted by atomic mass is 10.1. The lowest BCUT2D eigenvalue weighted by molar-refractivity contribution is -0.134. The molecule has 3 heterocycles. The van der Waals surface area contributed by atoms with E-state index in [9.17, 15) is 4.79 Å². The van der Waals surface area contributed by atoms with Gasteiger partial charge < -0.3 is 19.5 Å². The Morgan fingerprint density at radius 2 is 1.90 bits per heavy atom. The van der Waals surface area contributed by atoms with E-state index in [-0.39, 0.29) is 36.8 Å². The highest BCUT2D eigenvalue weighted by Crippen LogP contribution is 2.17. The number of benzene rings is 1. The molecule has 2 saturated heterocycles. The summed E-state index contributed by atoms with van der Waals surface area (Å²) in [4.78, 5) is 21.2. The third-order valence-electron chi connectivity index (χ3n) is 5.28. The number of nitrogens with zero attached hydrogens (tertiary/aromatic N) is 4. The van der Waals surface area contributed by atoms with Gasteiger partial charge in [0.15, 0.2) is 0 Å². The Hall–Kier alpha value is -1.71. The molecular weight excluding hydrogens is 429 g/mol. The summed E-state index contributed by atoms with van der Waals surface area (Å²) in [6, 6.07) is 8.21. The first-order valence-electron chi connectivity index (χ1n) is 9.88. The van der Waals surface area contributed by atoms with Gasteiger partial charge in [0.2, 0.25) is 17.6 Å². The van der Waals surface area contributed by atoms with Crippen molar-refractivity contribution in [2.45, 2.75) is 25.9 Å². The summed E-state index contributed by atoms with van der Waals surface area (Å²) in [5, 5.41) is 7.43. The highest BCUT2D eigenvalue weighted by molar-refractivity contribution is 5.85. The van der Waals surface area contributed by atoms with Gasteiger partial charge in [0.1, 0.15) is 0 Å². The highest BCUT2D eigenvalue weighted by Gasteiger charge is 2.25. The number of hydrogen-bond acceptors (Lipinski definition) is 7. The number of ether oxygens (including phenoxy) is 1. The predicted octanol–water partition coefficient (Wildman–Crippen LogP) is 1.91. The molecule has 30 heavy (non-hydrogen) atoms. The Kier molecular flexibility index (Phi) is 9.51. The fraction of sp³-hybridized carbons (Fsp3) is 0.550. The summed E-state index contributed by atoms with van der Waals surface area (Å²) in [6.45, 7) is 7.90. The second-order valence-electron chi connectivity index (χ2n) is 7.46. The van der Waals surface area contributed by atoms with Crippen LogP contribution in [0.25, 0.3) is 11.4 Å². The van der Waals surface area contributed by atoms with Crippen molar-refractivity contribution in [2.24, 2.45) is 0 Å². The Labute approximate surface area is 189 Å². The monoisotopic (exact) mass is 457 g/mol. The largest absolute Gasteiger partial charge is 0.378 e. The number of rotatable bonds is 5. The molecule has 8 nitrogen and oxygen atoms in total. The Morgan fingerprint density at radius 3 is 2.57 bits per heavy atom. The number of nitrogens with one attached hydrogen (secondary N) is 1. The molecular formula is C20H29Cl2N5O3. The number of halogens is 2. The molecule has 0 aliphatic carbocycles. The van der Waals surface area contributed by atoms with E-state index < -0.39 is 0 Å². The van der Waals surface area contributed by atoms with Crippen molar-refractivity contribution in [2.75, 3.05) is 45.9 Å². The number of amides is 1. The number of hydrogen-bond donors (Lipinski definition) is 1. The van der Waals surface area contributed by atoms with Gasteiger partial charge in [0, 0.05) is 50.7 Å². The van der Waals surface area contributed by atoms with Crippen LogP contribution in [0.2, 0.25) is 0 Å². The van der Waals surface area contributed by atoms with Crippen molar-refractivity contribution in [1.29, 1.82) is 0 Å². The van der Waals surface area contributed by atoms with Crippen LogP contribution >= 0.6 is 24.8 Å². The number of morpholine rings is 1. The van der Waals surface area contributed by atoms with E-state index in [1.54, 1.807) is 0 Å². The summed E-state index contributed by atoms with van der Waals surface area (Å²) >= 11 is 0. The van der Waals surface area contributed by atoms with Crippen LogP contribution in [0.15, 0.2) is 28.8 Å². The fourth-order valence-corrected chi connectivity index (χ4v) is 3.58. The predicted molar refractivity (Wildman–Crippen MR) is 118 cm³/mol. The van der Waals surface area contributed by atoms with Crippen molar-refractivity contribution < 1.29 is 14.1 Å². The minimum absolute atomic E-state index is 0. The normalized spacial score (nSPS) is 19.6. The summed E-state index contributed by atoms with van der Waals surface area (Å²) < 4.78 is 10.9. The van der Waals surface area contributed by atoms with Gasteiger partial charge in [-0.05, 0) is 6.92 Å². The maximum absolute atomic E-state index is 12.5. The molecule has 1 aromatic carbocycles. The van der Waals surface area contributed by atoms with Crippen LogP contribution < -0.4 is 5.32 Å². The SMILES string of the molecule is Cc1ccc(-c2noc(CN3CCN(C(=O)CC4COCCN4)CC3)n2)cc1.Cl.Cl. The van der Waals surface area contributed by atoms with Gasteiger partial charge >= 0.3 is 0 Å². The van der Waals surface area contributed by atoms with Gasteiger partial charge in [-0.25, -0.2) is 0 Å². The highest BCUT2D eigenvalue weighted by atomic mass is 35.5. The molecule has 1 aromatic heterocycles. The third kappa shape index (κ3) is 6.39. The van der Waals surface area contributed by atoms with Gasteiger partial charge in [-0.15, -0.1) is 24.8 Å². The lowest BCUT2D eigenvalue weighted by Gasteiger charge is -2.35. The van der Waals surface area contributed by atoms with Gasteiger partial charge in [-0.3, -0.25) is 9.69 Å². The second-order valence-corrected chi connectivity index (χ2v) is 7.46. The fourth-order valence-electron chi connectivity index (χ4n) is 3.58. The summed E-state index contributed by atoms with van der Waals surface area (Å²) in [7, 11) is 0. The molecule has 4 rings (SSSR count). The minimum Gasteiger partial charge on any atom is -0.378 e. The topological polar surface area (TPSA) is 83.7 Å². The first kappa shape index (κ1) is 24.6. The molecule has 2 aromatic rings. The number of piperazine rings is 1. The minimum atomic E-state index is 0. The summed E-state index contributed by atoms with van der Waals surface area (Å²) in [5.74, 6) is 1.42. The van der Waals surface area contributed by atoms with Crippen LogP contribution in [0.5, 0.6) is 0 Å². The van der Waals surface area contributed by atoms with Crippen LogP contribution in [-0.4, -0.2) is 77.8 Å².